The zero-order chi connectivity index (χ0) is 12.5. The third-order valence-corrected chi connectivity index (χ3v) is 4.91. The average molecular weight is 239 g/mol. The van der Waals surface area contributed by atoms with Crippen LogP contribution in [0.3, 0.4) is 0 Å². The molecule has 2 fully saturated rings. The smallest absolute Gasteiger partial charge is 0.303 e. The maximum atomic E-state index is 10.6. The minimum atomic E-state index is -0.649. The number of carbonyl (C=O) groups is 1. The van der Waals surface area contributed by atoms with Crippen molar-refractivity contribution in [1.29, 1.82) is 0 Å². The van der Waals surface area contributed by atoms with Crippen LogP contribution in [0.4, 0.5) is 0 Å². The van der Waals surface area contributed by atoms with Crippen LogP contribution < -0.4 is 0 Å². The number of piperidine rings is 1. The fraction of sp³-hybridized carbons (Fsp3) is 0.929. The van der Waals surface area contributed by atoms with Crippen molar-refractivity contribution < 1.29 is 9.90 Å². The minimum Gasteiger partial charge on any atom is -0.481 e. The van der Waals surface area contributed by atoms with Gasteiger partial charge in [-0.05, 0) is 56.9 Å². The Balaban J connectivity index is 1.82. The van der Waals surface area contributed by atoms with Crippen LogP contribution in [0.2, 0.25) is 0 Å². The number of likely N-dealkylation sites (tertiary alicyclic amines) is 1. The molecule has 2 aliphatic rings. The van der Waals surface area contributed by atoms with Gasteiger partial charge in [0, 0.05) is 19.0 Å². The monoisotopic (exact) mass is 239 g/mol. The van der Waals surface area contributed by atoms with E-state index in [9.17, 15) is 4.79 Å². The lowest BCUT2D eigenvalue weighted by Crippen LogP contribution is -2.45. The van der Waals surface area contributed by atoms with Crippen LogP contribution >= 0.6 is 0 Å². The van der Waals surface area contributed by atoms with E-state index in [2.05, 4.69) is 18.7 Å². The van der Waals surface area contributed by atoms with E-state index in [1.54, 1.807) is 0 Å². The molecule has 0 bridgehead atoms. The van der Waals surface area contributed by atoms with Gasteiger partial charge in [0.2, 0.25) is 0 Å². The molecular formula is C14H25NO2. The first-order valence-corrected chi connectivity index (χ1v) is 6.97. The molecule has 3 nitrogen and oxygen atoms in total. The van der Waals surface area contributed by atoms with Crippen molar-refractivity contribution in [1.82, 2.24) is 4.90 Å². The van der Waals surface area contributed by atoms with Gasteiger partial charge in [0.15, 0.2) is 0 Å². The molecule has 17 heavy (non-hydrogen) atoms. The number of hydrogen-bond acceptors (Lipinski definition) is 2. The summed E-state index contributed by atoms with van der Waals surface area (Å²) in [7, 11) is 0. The third kappa shape index (κ3) is 3.21. The number of aliphatic carboxylic acids is 1. The molecule has 0 radical (unpaired) electrons. The highest BCUT2D eigenvalue weighted by Crippen LogP contribution is 2.50. The molecule has 2 rings (SSSR count). The molecule has 0 spiro atoms. The Morgan fingerprint density at radius 2 is 2.24 bits per heavy atom. The lowest BCUT2D eigenvalue weighted by molar-refractivity contribution is -0.137. The van der Waals surface area contributed by atoms with E-state index in [1.807, 2.05) is 0 Å². The Morgan fingerprint density at radius 3 is 2.82 bits per heavy atom. The average Bonchev–Trinajstić information content (AvgIpc) is 3.05. The third-order valence-electron chi connectivity index (χ3n) is 4.91. The summed E-state index contributed by atoms with van der Waals surface area (Å²) in [4.78, 5) is 13.2. The van der Waals surface area contributed by atoms with Crippen molar-refractivity contribution in [3.63, 3.8) is 0 Å². The van der Waals surface area contributed by atoms with Crippen LogP contribution in [0.5, 0.6) is 0 Å². The summed E-state index contributed by atoms with van der Waals surface area (Å²) in [5.74, 6) is -0.0472. The van der Waals surface area contributed by atoms with E-state index in [4.69, 9.17) is 5.11 Å². The van der Waals surface area contributed by atoms with Gasteiger partial charge in [-0.15, -0.1) is 0 Å². The van der Waals surface area contributed by atoms with Crippen LogP contribution in [-0.4, -0.2) is 35.1 Å². The Morgan fingerprint density at radius 1 is 1.53 bits per heavy atom. The normalized spacial score (nSPS) is 29.9. The van der Waals surface area contributed by atoms with Crippen LogP contribution in [0.15, 0.2) is 0 Å². The van der Waals surface area contributed by atoms with Crippen molar-refractivity contribution in [3.8, 4) is 0 Å². The van der Waals surface area contributed by atoms with Crippen molar-refractivity contribution in [3.05, 3.63) is 0 Å². The molecule has 0 aromatic rings. The van der Waals surface area contributed by atoms with Gasteiger partial charge in [0.1, 0.15) is 0 Å². The summed E-state index contributed by atoms with van der Waals surface area (Å²) in [5, 5.41) is 8.74. The molecule has 0 aromatic carbocycles. The van der Waals surface area contributed by atoms with Gasteiger partial charge in [-0.2, -0.15) is 0 Å². The SMILES string of the molecule is CC(N1CCCC(CCC(=O)O)C1)C1(C)CC1. The van der Waals surface area contributed by atoms with Crippen molar-refractivity contribution in [2.24, 2.45) is 11.3 Å². The number of nitrogens with zero attached hydrogens (tertiary/aromatic N) is 1. The van der Waals surface area contributed by atoms with Gasteiger partial charge in [-0.1, -0.05) is 6.92 Å². The lowest BCUT2D eigenvalue weighted by atomic mass is 9.90. The molecule has 2 unspecified atom stereocenters. The topological polar surface area (TPSA) is 40.5 Å². The Labute approximate surface area is 104 Å². The first-order valence-electron chi connectivity index (χ1n) is 6.97. The zero-order valence-corrected chi connectivity index (χ0v) is 11.1. The largest absolute Gasteiger partial charge is 0.481 e. The van der Waals surface area contributed by atoms with E-state index in [1.165, 1.54) is 32.2 Å². The molecular weight excluding hydrogens is 214 g/mol. The van der Waals surface area contributed by atoms with Crippen LogP contribution in [-0.2, 0) is 4.79 Å². The van der Waals surface area contributed by atoms with Gasteiger partial charge >= 0.3 is 5.97 Å². The second-order valence-corrected chi connectivity index (χ2v) is 6.27. The Kier molecular flexibility index (Phi) is 3.76. The fourth-order valence-corrected chi connectivity index (χ4v) is 3.07. The first kappa shape index (κ1) is 12.9. The van der Waals surface area contributed by atoms with E-state index in [-0.39, 0.29) is 0 Å². The summed E-state index contributed by atoms with van der Waals surface area (Å²) >= 11 is 0. The first-order chi connectivity index (χ1) is 8.01. The molecule has 1 aliphatic carbocycles. The quantitative estimate of drug-likeness (QED) is 0.802. The van der Waals surface area contributed by atoms with Crippen molar-refractivity contribution in [2.45, 2.75) is 58.4 Å². The second kappa shape index (κ2) is 4.97. The van der Waals surface area contributed by atoms with E-state index in [0.717, 1.165) is 13.0 Å². The fourth-order valence-electron chi connectivity index (χ4n) is 3.07. The van der Waals surface area contributed by atoms with Crippen molar-refractivity contribution >= 4 is 5.97 Å². The molecule has 1 N–H and O–H groups in total. The van der Waals surface area contributed by atoms with E-state index in [0.29, 0.717) is 23.8 Å². The lowest BCUT2D eigenvalue weighted by Gasteiger charge is -2.39. The predicted molar refractivity (Wildman–Crippen MR) is 68.0 cm³/mol. The van der Waals surface area contributed by atoms with Crippen LogP contribution in [0, 0.1) is 11.3 Å². The predicted octanol–water partition coefficient (Wildman–Crippen LogP) is 2.75. The molecule has 0 aromatic heterocycles. The molecule has 1 aliphatic heterocycles. The second-order valence-electron chi connectivity index (χ2n) is 6.27. The van der Waals surface area contributed by atoms with Gasteiger partial charge in [0.25, 0.3) is 0 Å². The number of rotatable bonds is 5. The molecule has 1 saturated heterocycles. The van der Waals surface area contributed by atoms with Gasteiger partial charge in [0.05, 0.1) is 0 Å². The molecule has 98 valence electrons. The summed E-state index contributed by atoms with van der Waals surface area (Å²) in [6, 6.07) is 0.676. The van der Waals surface area contributed by atoms with Crippen molar-refractivity contribution in [2.75, 3.05) is 13.1 Å². The number of carboxylic acid groups (broad SMARTS) is 1. The van der Waals surface area contributed by atoms with Gasteiger partial charge in [-0.25, -0.2) is 0 Å². The molecule has 2 atom stereocenters. The van der Waals surface area contributed by atoms with Gasteiger partial charge in [-0.3, -0.25) is 9.69 Å². The molecule has 1 saturated carbocycles. The number of carboxylic acids is 1. The molecule has 0 amide bonds. The summed E-state index contributed by atoms with van der Waals surface area (Å²) in [6.45, 7) is 7.06. The number of hydrogen-bond donors (Lipinski definition) is 1. The maximum absolute atomic E-state index is 10.6. The maximum Gasteiger partial charge on any atom is 0.303 e. The minimum absolute atomic E-state index is 0.337. The Bertz CT molecular complexity index is 286. The standard InChI is InChI=1S/C14H25NO2/c1-11(14(2)7-8-14)15-9-3-4-12(10-15)5-6-13(16)17/h11-12H,3-10H2,1-2H3,(H,16,17). The van der Waals surface area contributed by atoms with E-state index >= 15 is 0 Å². The van der Waals surface area contributed by atoms with Gasteiger partial charge < -0.3 is 5.11 Å². The highest BCUT2D eigenvalue weighted by molar-refractivity contribution is 5.66. The summed E-state index contributed by atoms with van der Waals surface area (Å²) in [5.41, 5.74) is 0.550. The van der Waals surface area contributed by atoms with E-state index < -0.39 is 5.97 Å². The zero-order valence-electron chi connectivity index (χ0n) is 11.1. The highest BCUT2D eigenvalue weighted by atomic mass is 16.4. The van der Waals surface area contributed by atoms with Crippen LogP contribution in [0.25, 0.3) is 0 Å². The molecule has 3 heteroatoms. The van der Waals surface area contributed by atoms with Crippen LogP contribution in [0.1, 0.15) is 52.4 Å². The summed E-state index contributed by atoms with van der Waals surface area (Å²) < 4.78 is 0. The Hall–Kier alpha value is -0.570. The highest BCUT2D eigenvalue weighted by Gasteiger charge is 2.45. The summed E-state index contributed by atoms with van der Waals surface area (Å²) in [6.07, 6.45) is 6.38. The molecule has 1 heterocycles.